The van der Waals surface area contributed by atoms with Crippen molar-refractivity contribution in [3.8, 4) is 12.3 Å². The molecular weight excluding hydrogens is 680 g/mol. The van der Waals surface area contributed by atoms with Gasteiger partial charge in [-0.3, -0.25) is 4.79 Å². The minimum Gasteiger partial charge on any atom is -0.413 e. The molecule has 0 spiro atoms. The average molecular weight is 748 g/mol. The van der Waals surface area contributed by atoms with Gasteiger partial charge in [-0.1, -0.05) is 119 Å². The fourth-order valence-electron chi connectivity index (χ4n) is 5.86. The van der Waals surface area contributed by atoms with E-state index >= 15 is 0 Å². The molecule has 0 bridgehead atoms. The number of aromatic nitrogens is 3. The summed E-state index contributed by atoms with van der Waals surface area (Å²) in [5, 5.41) is 3.74. The van der Waals surface area contributed by atoms with Crippen molar-refractivity contribution in [3.05, 3.63) is 17.5 Å². The molecule has 50 heavy (non-hydrogen) atoms. The summed E-state index contributed by atoms with van der Waals surface area (Å²) in [6, 6.07) is 1.90. The van der Waals surface area contributed by atoms with Crippen molar-refractivity contribution in [1.29, 1.82) is 0 Å². The van der Waals surface area contributed by atoms with E-state index in [1.807, 2.05) is 16.8 Å². The number of hydrogen-bond donors (Lipinski definition) is 1. The third kappa shape index (κ3) is 11.1. The molecule has 0 aromatic carbocycles. The molecule has 1 N–H and O–H groups in total. The van der Waals surface area contributed by atoms with Crippen LogP contribution >= 0.6 is 11.6 Å². The zero-order chi connectivity index (χ0) is 37.4. The third-order valence-electron chi connectivity index (χ3n) is 11.3. The molecule has 3 rings (SSSR count). The van der Waals surface area contributed by atoms with Crippen LogP contribution in [0.1, 0.15) is 138 Å². The number of nitrogens with zero attached hydrogens (tertiary/aromatic N) is 3. The second kappa shape index (κ2) is 17.9. The number of hydrogen-bond acceptors (Lipinski definition) is 6. The van der Waals surface area contributed by atoms with Crippen LogP contribution in [-0.2, 0) is 18.4 Å². The summed E-state index contributed by atoms with van der Waals surface area (Å²) in [4.78, 5) is 22.0. The third-order valence-corrected chi connectivity index (χ3v) is 20.5. The number of carbonyl (C=O) groups excluding carboxylic acids is 1. The van der Waals surface area contributed by atoms with Crippen LogP contribution in [0.15, 0.2) is 12.3 Å². The van der Waals surface area contributed by atoms with E-state index in [4.69, 9.17) is 31.6 Å². The number of halogens is 1. The van der Waals surface area contributed by atoms with Crippen molar-refractivity contribution in [2.24, 2.45) is 0 Å². The van der Waals surface area contributed by atoms with E-state index in [-0.39, 0.29) is 34.0 Å². The van der Waals surface area contributed by atoms with Gasteiger partial charge in [0.25, 0.3) is 0 Å². The maximum absolute atomic E-state index is 13.0. The van der Waals surface area contributed by atoms with E-state index in [1.165, 1.54) is 51.4 Å². The summed E-state index contributed by atoms with van der Waals surface area (Å²) in [5.41, 5.74) is -0.515. The zero-order valence-corrected chi connectivity index (χ0v) is 35.9. The van der Waals surface area contributed by atoms with Gasteiger partial charge in [0.2, 0.25) is 11.2 Å². The number of nitrogens with one attached hydrogen (secondary N) is 1. The Morgan fingerprint density at radius 3 is 2.08 bits per heavy atom. The van der Waals surface area contributed by atoms with E-state index < -0.39 is 28.5 Å². The van der Waals surface area contributed by atoms with E-state index in [2.05, 4.69) is 95.9 Å². The molecule has 11 heteroatoms. The number of ether oxygens (including phenoxy) is 1. The molecule has 1 fully saturated rings. The summed E-state index contributed by atoms with van der Waals surface area (Å²) in [5.74, 6) is 3.34. The van der Waals surface area contributed by atoms with E-state index in [0.29, 0.717) is 29.7 Å². The van der Waals surface area contributed by atoms with Crippen LogP contribution in [0.3, 0.4) is 0 Å². The first kappa shape index (κ1) is 42.7. The molecule has 3 heterocycles. The molecule has 0 unspecified atom stereocenters. The van der Waals surface area contributed by atoms with Crippen molar-refractivity contribution < 1.29 is 18.4 Å². The number of fused-ring (bicyclic) bond motifs is 1. The summed E-state index contributed by atoms with van der Waals surface area (Å²) in [7, 11) is -4.40. The maximum Gasteiger partial charge on any atom is 0.226 e. The van der Waals surface area contributed by atoms with Crippen molar-refractivity contribution in [1.82, 2.24) is 14.5 Å². The molecule has 2 aromatic rings. The van der Waals surface area contributed by atoms with Crippen molar-refractivity contribution >= 4 is 51.0 Å². The quantitative estimate of drug-likeness (QED) is 0.0666. The highest BCUT2D eigenvalue weighted by atomic mass is 35.5. The molecule has 1 saturated heterocycles. The van der Waals surface area contributed by atoms with Crippen molar-refractivity contribution in [3.63, 3.8) is 0 Å². The normalized spacial score (nSPS) is 20.4. The number of rotatable bonds is 19. The fourth-order valence-corrected chi connectivity index (χ4v) is 8.39. The van der Waals surface area contributed by atoms with E-state index in [1.54, 1.807) is 0 Å². The van der Waals surface area contributed by atoms with Crippen LogP contribution in [-0.4, -0.2) is 55.4 Å². The minimum absolute atomic E-state index is 0.00888. The molecule has 8 nitrogen and oxygen atoms in total. The predicted molar refractivity (Wildman–Crippen MR) is 214 cm³/mol. The number of anilines is 1. The molecule has 1 aliphatic rings. The number of terminal acetylenes is 1. The number of unbranched alkanes of at least 4 members (excludes halogenated alkanes) is 10. The highest BCUT2D eigenvalue weighted by Crippen LogP contribution is 2.47. The number of amides is 1. The Morgan fingerprint density at radius 2 is 1.54 bits per heavy atom. The minimum atomic E-state index is -2.24. The average Bonchev–Trinajstić information content (AvgIpc) is 3.59. The first-order chi connectivity index (χ1) is 23.3. The maximum atomic E-state index is 13.0. The van der Waals surface area contributed by atoms with Crippen LogP contribution in [0.25, 0.3) is 11.0 Å². The predicted octanol–water partition coefficient (Wildman–Crippen LogP) is 11.4. The Kier molecular flexibility index (Phi) is 15.2. The van der Waals surface area contributed by atoms with Gasteiger partial charge < -0.3 is 23.5 Å². The largest absolute Gasteiger partial charge is 0.413 e. The van der Waals surface area contributed by atoms with Gasteiger partial charge in [-0.15, -0.1) is 6.42 Å². The van der Waals surface area contributed by atoms with Gasteiger partial charge >= 0.3 is 0 Å². The van der Waals surface area contributed by atoms with Crippen LogP contribution < -0.4 is 5.32 Å². The summed E-state index contributed by atoms with van der Waals surface area (Å²) >= 11 is 6.46. The Hall–Kier alpha value is -1.75. The van der Waals surface area contributed by atoms with Gasteiger partial charge in [0.1, 0.15) is 17.7 Å². The molecule has 0 radical (unpaired) electrons. The first-order valence-corrected chi connectivity index (χ1v) is 25.3. The smallest absolute Gasteiger partial charge is 0.226 e. The van der Waals surface area contributed by atoms with E-state index in [0.717, 1.165) is 19.3 Å². The SMILES string of the molecule is C#C[C@]1(CO[Si](C)(C)C(C)(C)C)O[C@@H](n2ccc3c(NC(=O)CCCCCCCCCCCCC)nc(Cl)nc32)C[C@@H]1O[Si](C)(C)C(C)(C)C. The van der Waals surface area contributed by atoms with Gasteiger partial charge in [-0.05, 0) is 60.4 Å². The molecule has 0 saturated carbocycles. The second-order valence-corrected chi connectivity index (χ2v) is 27.3. The highest BCUT2D eigenvalue weighted by Gasteiger charge is 2.54. The van der Waals surface area contributed by atoms with Gasteiger partial charge in [-0.25, -0.2) is 0 Å². The van der Waals surface area contributed by atoms with E-state index in [9.17, 15) is 4.79 Å². The fraction of sp³-hybridized carbons (Fsp3) is 0.769. The van der Waals surface area contributed by atoms with Crippen molar-refractivity contribution in [2.75, 3.05) is 11.9 Å². The second-order valence-electron chi connectivity index (χ2n) is 17.4. The molecule has 0 aliphatic carbocycles. The standard InChI is InChI=1S/C39H67ClN4O4Si2/c1-13-15-16-17-18-19-20-21-22-23-24-25-32(45)41-34-30-26-27-44(35(30)43-36(40)42-34)33-28-31(48-50(11,12)38(6,7)8)39(14-2,47-33)29-46-49(9,10)37(3,4)5/h2,26-27,31,33H,13,15-25,28-29H2,1,3-12H3,(H,41,42,43,45)/t31-,33+,39+/m0/s1. The van der Waals surface area contributed by atoms with Gasteiger partial charge in [0.05, 0.1) is 18.1 Å². The first-order valence-electron chi connectivity index (χ1n) is 19.1. The van der Waals surface area contributed by atoms with Crippen LogP contribution in [0, 0.1) is 12.3 Å². The molecular formula is C39H67ClN4O4Si2. The summed E-state index contributed by atoms with van der Waals surface area (Å²) in [6.45, 7) is 24.7. The summed E-state index contributed by atoms with van der Waals surface area (Å²) < 4.78 is 22.5. The monoisotopic (exact) mass is 746 g/mol. The summed E-state index contributed by atoms with van der Waals surface area (Å²) in [6.07, 6.45) is 22.0. The molecule has 3 atom stereocenters. The van der Waals surface area contributed by atoms with Crippen molar-refractivity contribution in [2.45, 2.75) is 186 Å². The Morgan fingerprint density at radius 1 is 0.980 bits per heavy atom. The molecule has 1 aliphatic heterocycles. The Labute approximate surface area is 310 Å². The van der Waals surface area contributed by atoms with Crippen LogP contribution in [0.4, 0.5) is 5.82 Å². The lowest BCUT2D eigenvalue weighted by Crippen LogP contribution is -2.54. The van der Waals surface area contributed by atoms with Gasteiger partial charge in [0.15, 0.2) is 22.2 Å². The Bertz CT molecular complexity index is 1440. The molecule has 2 aromatic heterocycles. The molecule has 282 valence electrons. The highest BCUT2D eigenvalue weighted by molar-refractivity contribution is 6.74. The van der Waals surface area contributed by atoms with Crippen LogP contribution in [0.5, 0.6) is 0 Å². The molecule has 1 amide bonds. The van der Waals surface area contributed by atoms with Gasteiger partial charge in [0, 0.05) is 19.0 Å². The Balaban J connectivity index is 1.74. The lowest BCUT2D eigenvalue weighted by atomic mass is 9.99. The zero-order valence-electron chi connectivity index (χ0n) is 33.1. The van der Waals surface area contributed by atoms with Gasteiger partial charge in [-0.2, -0.15) is 9.97 Å². The number of carbonyl (C=O) groups is 1. The lowest BCUT2D eigenvalue weighted by molar-refractivity contribution is -0.116. The topological polar surface area (TPSA) is 87.5 Å². The van der Waals surface area contributed by atoms with Crippen LogP contribution in [0.2, 0.25) is 41.5 Å². The lowest BCUT2D eigenvalue weighted by Gasteiger charge is -2.43.